The van der Waals surface area contributed by atoms with Crippen molar-refractivity contribution in [1.29, 1.82) is 0 Å². The zero-order valence-electron chi connectivity index (χ0n) is 21.0. The lowest BCUT2D eigenvalue weighted by Gasteiger charge is -2.13. The topological polar surface area (TPSA) is 65.7 Å². The van der Waals surface area contributed by atoms with Crippen LogP contribution in [0.5, 0.6) is 11.5 Å². The molecule has 0 atom stereocenters. The van der Waals surface area contributed by atoms with E-state index < -0.39 is 17.3 Å². The normalized spacial score (nSPS) is 11.7. The van der Waals surface area contributed by atoms with Gasteiger partial charge in [0.25, 0.3) is 5.56 Å². The van der Waals surface area contributed by atoms with Gasteiger partial charge in [0.1, 0.15) is 6.61 Å². The van der Waals surface area contributed by atoms with Gasteiger partial charge in [-0.05, 0) is 57.9 Å². The highest BCUT2D eigenvalue weighted by Crippen LogP contribution is 2.34. The quantitative estimate of drug-likeness (QED) is 0.182. The van der Waals surface area contributed by atoms with Crippen LogP contribution >= 0.6 is 15.9 Å². The molecule has 0 amide bonds. The van der Waals surface area contributed by atoms with Gasteiger partial charge in [-0.2, -0.15) is 22.9 Å². The number of ether oxygens (including phenoxy) is 2. The van der Waals surface area contributed by atoms with E-state index in [0.29, 0.717) is 33.7 Å². The Hall–Kier alpha value is -4.44. The van der Waals surface area contributed by atoms with Gasteiger partial charge in [-0.25, -0.2) is 4.98 Å². The molecule has 0 spiro atoms. The first-order valence-corrected chi connectivity index (χ1v) is 12.8. The fourth-order valence-corrected chi connectivity index (χ4v) is 4.45. The van der Waals surface area contributed by atoms with E-state index in [9.17, 15) is 18.0 Å². The maximum absolute atomic E-state index is 13.4. The number of hydrogen-bond acceptors (Lipinski definition) is 5. The molecule has 0 saturated carbocycles. The Morgan fingerprint density at radius 3 is 2.45 bits per heavy atom. The minimum absolute atomic E-state index is 0.0306. The molecular weight excluding hydrogens is 587 g/mol. The summed E-state index contributed by atoms with van der Waals surface area (Å²) in [4.78, 5) is 17.9. The highest BCUT2D eigenvalue weighted by atomic mass is 79.9. The summed E-state index contributed by atoms with van der Waals surface area (Å²) in [5.74, 6) is 0.893. The second kappa shape index (κ2) is 11.4. The van der Waals surface area contributed by atoms with Crippen molar-refractivity contribution in [3.05, 3.63) is 123 Å². The number of alkyl halides is 3. The van der Waals surface area contributed by atoms with E-state index in [1.807, 2.05) is 30.3 Å². The lowest BCUT2D eigenvalue weighted by atomic mass is 10.1. The molecule has 5 rings (SSSR count). The van der Waals surface area contributed by atoms with E-state index in [1.165, 1.54) is 25.5 Å². The number of para-hydroxylation sites is 1. The van der Waals surface area contributed by atoms with E-state index in [2.05, 4.69) is 26.0 Å². The maximum Gasteiger partial charge on any atom is 0.416 e. The van der Waals surface area contributed by atoms with Gasteiger partial charge >= 0.3 is 6.18 Å². The first-order chi connectivity index (χ1) is 19.2. The SMILES string of the molecule is COc1cc(C=Nn2c(-c3cccc(C(F)(F)F)c3)nc3ccccc3c2=O)c(Br)cc1OCc1ccccc1. The Balaban J connectivity index is 1.57. The average molecular weight is 608 g/mol. The number of fused-ring (bicyclic) bond motifs is 1. The van der Waals surface area contributed by atoms with Crippen LogP contribution in [-0.2, 0) is 12.8 Å². The molecule has 40 heavy (non-hydrogen) atoms. The van der Waals surface area contributed by atoms with Crippen molar-refractivity contribution in [1.82, 2.24) is 9.66 Å². The van der Waals surface area contributed by atoms with E-state index >= 15 is 0 Å². The summed E-state index contributed by atoms with van der Waals surface area (Å²) in [6.07, 6.45) is -3.16. The minimum atomic E-state index is -4.56. The number of aromatic nitrogens is 2. The monoisotopic (exact) mass is 607 g/mol. The van der Waals surface area contributed by atoms with Gasteiger partial charge in [0.2, 0.25) is 0 Å². The molecule has 10 heteroatoms. The minimum Gasteiger partial charge on any atom is -0.493 e. The number of methoxy groups -OCH3 is 1. The first kappa shape index (κ1) is 27.1. The number of rotatable bonds is 7. The summed E-state index contributed by atoms with van der Waals surface area (Å²) in [7, 11) is 1.50. The summed E-state index contributed by atoms with van der Waals surface area (Å²) in [6, 6.07) is 24.3. The van der Waals surface area contributed by atoms with Crippen molar-refractivity contribution in [3.63, 3.8) is 0 Å². The Morgan fingerprint density at radius 2 is 1.70 bits per heavy atom. The van der Waals surface area contributed by atoms with E-state index in [0.717, 1.165) is 22.4 Å². The smallest absolute Gasteiger partial charge is 0.416 e. The highest BCUT2D eigenvalue weighted by molar-refractivity contribution is 9.10. The molecule has 1 heterocycles. The van der Waals surface area contributed by atoms with Gasteiger partial charge in [-0.1, -0.05) is 54.6 Å². The zero-order valence-corrected chi connectivity index (χ0v) is 22.6. The summed E-state index contributed by atoms with van der Waals surface area (Å²) in [5, 5.41) is 4.64. The molecule has 0 fully saturated rings. The van der Waals surface area contributed by atoms with Crippen molar-refractivity contribution in [2.24, 2.45) is 5.10 Å². The molecule has 0 radical (unpaired) electrons. The molecule has 0 saturated heterocycles. The molecular formula is C30H21BrF3N3O3. The lowest BCUT2D eigenvalue weighted by molar-refractivity contribution is -0.137. The van der Waals surface area contributed by atoms with E-state index in [-0.39, 0.29) is 16.8 Å². The third-order valence-corrected chi connectivity index (χ3v) is 6.72. The molecule has 202 valence electrons. The first-order valence-electron chi connectivity index (χ1n) is 12.0. The zero-order chi connectivity index (χ0) is 28.3. The van der Waals surface area contributed by atoms with Crippen LogP contribution in [0.1, 0.15) is 16.7 Å². The molecule has 6 nitrogen and oxygen atoms in total. The molecule has 1 aromatic heterocycles. The Morgan fingerprint density at radius 1 is 0.950 bits per heavy atom. The third-order valence-electron chi connectivity index (χ3n) is 6.03. The average Bonchev–Trinajstić information content (AvgIpc) is 2.96. The predicted molar refractivity (Wildman–Crippen MR) is 151 cm³/mol. The number of halogens is 4. The third kappa shape index (κ3) is 5.76. The standard InChI is InChI=1S/C30H21BrF3N3O3/c1-39-26-15-21(24(31)16-27(26)40-18-19-8-3-2-4-9-19)17-35-37-28(20-10-7-11-22(14-20)30(32,33)34)36-25-13-6-5-12-23(25)29(37)38/h2-17H,18H2,1H3. The Labute approximate surface area is 235 Å². The summed E-state index contributed by atoms with van der Waals surface area (Å²) < 4.78 is 53.4. The van der Waals surface area contributed by atoms with Gasteiger partial charge in [-0.15, -0.1) is 0 Å². The van der Waals surface area contributed by atoms with Gasteiger partial charge in [0.05, 0.1) is 29.8 Å². The second-order valence-electron chi connectivity index (χ2n) is 8.69. The maximum atomic E-state index is 13.4. The largest absolute Gasteiger partial charge is 0.493 e. The predicted octanol–water partition coefficient (Wildman–Crippen LogP) is 7.31. The van der Waals surface area contributed by atoms with Gasteiger partial charge < -0.3 is 9.47 Å². The second-order valence-corrected chi connectivity index (χ2v) is 9.55. The molecule has 0 N–H and O–H groups in total. The number of nitrogens with zero attached hydrogens (tertiary/aromatic N) is 3. The summed E-state index contributed by atoms with van der Waals surface area (Å²) in [5.41, 5.74) is 0.572. The molecule has 4 aromatic carbocycles. The molecule has 0 aliphatic carbocycles. The Bertz CT molecular complexity index is 1770. The van der Waals surface area contributed by atoms with Crippen molar-refractivity contribution in [2.75, 3.05) is 7.11 Å². The van der Waals surface area contributed by atoms with Gasteiger partial charge in [-0.3, -0.25) is 4.79 Å². The van der Waals surface area contributed by atoms with Crippen molar-refractivity contribution < 1.29 is 22.6 Å². The van der Waals surface area contributed by atoms with Crippen LogP contribution in [-0.4, -0.2) is 23.0 Å². The number of benzene rings is 4. The molecule has 0 bridgehead atoms. The van der Waals surface area contributed by atoms with Gasteiger partial charge in [0, 0.05) is 15.6 Å². The number of hydrogen-bond donors (Lipinski definition) is 0. The molecule has 0 aliphatic rings. The van der Waals surface area contributed by atoms with Crippen LogP contribution in [0.2, 0.25) is 0 Å². The highest BCUT2D eigenvalue weighted by Gasteiger charge is 2.31. The molecule has 5 aromatic rings. The van der Waals surface area contributed by atoms with Crippen LogP contribution in [0, 0.1) is 0 Å². The van der Waals surface area contributed by atoms with E-state index in [4.69, 9.17) is 9.47 Å². The molecule has 0 unspecified atom stereocenters. The van der Waals surface area contributed by atoms with Crippen molar-refractivity contribution >= 4 is 33.0 Å². The van der Waals surface area contributed by atoms with Crippen LogP contribution in [0.4, 0.5) is 13.2 Å². The fourth-order valence-electron chi connectivity index (χ4n) is 4.03. The fraction of sp³-hybridized carbons (Fsp3) is 0.100. The summed E-state index contributed by atoms with van der Waals surface area (Å²) in [6.45, 7) is 0.329. The summed E-state index contributed by atoms with van der Waals surface area (Å²) >= 11 is 3.51. The lowest BCUT2D eigenvalue weighted by Crippen LogP contribution is -2.20. The van der Waals surface area contributed by atoms with Gasteiger partial charge in [0.15, 0.2) is 17.3 Å². The van der Waals surface area contributed by atoms with Crippen LogP contribution in [0.3, 0.4) is 0 Å². The van der Waals surface area contributed by atoms with Crippen LogP contribution in [0.15, 0.2) is 105 Å². The van der Waals surface area contributed by atoms with E-state index in [1.54, 1.807) is 36.4 Å². The van der Waals surface area contributed by atoms with Crippen LogP contribution < -0.4 is 15.0 Å². The molecule has 0 aliphatic heterocycles. The Kier molecular flexibility index (Phi) is 7.70. The van der Waals surface area contributed by atoms with Crippen LogP contribution in [0.25, 0.3) is 22.3 Å². The van der Waals surface area contributed by atoms with Crippen molar-refractivity contribution in [2.45, 2.75) is 12.8 Å². The van der Waals surface area contributed by atoms with Crippen molar-refractivity contribution in [3.8, 4) is 22.9 Å².